The van der Waals surface area contributed by atoms with E-state index in [-0.39, 0.29) is 0 Å². The van der Waals surface area contributed by atoms with Crippen molar-refractivity contribution in [3.05, 3.63) is 0 Å². The van der Waals surface area contributed by atoms with Gasteiger partial charge in [0.1, 0.15) is 5.62 Å². The van der Waals surface area contributed by atoms with Gasteiger partial charge in [-0.15, -0.1) is 16.5 Å². The average molecular weight is 921 g/mol. The van der Waals surface area contributed by atoms with Gasteiger partial charge in [-0.05, 0) is 81.4 Å². The summed E-state index contributed by atoms with van der Waals surface area (Å²) in [6.45, 7) is 45.1. The summed E-state index contributed by atoms with van der Waals surface area (Å²) in [4.78, 5) is 16.3. The van der Waals surface area contributed by atoms with Gasteiger partial charge in [-0.2, -0.15) is 0 Å². The second-order valence-electron chi connectivity index (χ2n) is 18.0. The Hall–Kier alpha value is 0.380. The Bertz CT molecular complexity index is 735. The molecule has 2 unspecified atom stereocenters. The van der Waals surface area contributed by atoms with Crippen molar-refractivity contribution < 1.29 is 36.7 Å². The highest BCUT2D eigenvalue weighted by Crippen LogP contribution is 2.50. The fourth-order valence-corrected chi connectivity index (χ4v) is 9.51. The summed E-state index contributed by atoms with van der Waals surface area (Å²) in [5.41, 5.74) is -0.686. The van der Waals surface area contributed by atoms with Gasteiger partial charge in [-0.3, -0.25) is 4.57 Å². The number of alkyl halides is 1. The maximum absolute atomic E-state index is 10.3. The first-order valence-corrected chi connectivity index (χ1v) is 29.4. The van der Waals surface area contributed by atoms with Gasteiger partial charge in [0, 0.05) is 4.57 Å². The lowest BCUT2D eigenvalue weighted by Gasteiger charge is -2.39. The Morgan fingerprint density at radius 2 is 0.517 bits per heavy atom. The molecule has 0 aromatic carbocycles. The number of rotatable bonds is 39. The molecule has 0 amide bonds. The summed E-state index contributed by atoms with van der Waals surface area (Å²) in [6.07, 6.45) is 33.2. The Labute approximate surface area is 384 Å². The molecule has 0 heterocycles. The molecule has 0 bridgehead atoms. The molecular weight excluding hydrogens is 808 g/mol. The van der Waals surface area contributed by atoms with Gasteiger partial charge in [0.05, 0.1) is 78.5 Å². The summed E-state index contributed by atoms with van der Waals surface area (Å²) in [7, 11) is -7.04. The van der Waals surface area contributed by atoms with Gasteiger partial charge in [0.2, 0.25) is 0 Å². The predicted molar refractivity (Wildman–Crippen MR) is 270 cm³/mol. The Kier molecular flexibility index (Phi) is 52.9. The first-order valence-electron chi connectivity index (χ1n) is 26.0. The Morgan fingerprint density at radius 1 is 0.383 bits per heavy atom. The summed E-state index contributed by atoms with van der Waals surface area (Å²) >= 11 is 4.86. The van der Waals surface area contributed by atoms with Crippen molar-refractivity contribution in [3.63, 3.8) is 0 Å². The minimum Gasteiger partial charge on any atom is -0.324 e. The number of hydrogen-bond donors (Lipinski definition) is 2. The van der Waals surface area contributed by atoms with E-state index < -0.39 is 21.5 Å². The molecule has 0 aliphatic carbocycles. The third-order valence-corrected chi connectivity index (χ3v) is 15.0. The van der Waals surface area contributed by atoms with E-state index in [1.54, 1.807) is 0 Å². The SMILES string of the molecule is CCCC[N+](CCCC)(CCCC)CCCC.CCCC[N+](CCCC)(CCCC)CCCC.CCCC[N+](CCCC)(CCCC)CCCC.O=[P+](O)OP(=O)(O)CCl. The van der Waals surface area contributed by atoms with Gasteiger partial charge in [-0.25, -0.2) is 0 Å². The van der Waals surface area contributed by atoms with Crippen molar-refractivity contribution in [3.8, 4) is 0 Å². The second kappa shape index (κ2) is 47.3. The van der Waals surface area contributed by atoms with Crippen LogP contribution in [0.15, 0.2) is 0 Å². The van der Waals surface area contributed by atoms with Crippen LogP contribution < -0.4 is 0 Å². The molecule has 0 aliphatic rings. The molecule has 2 atom stereocenters. The van der Waals surface area contributed by atoms with Crippen LogP contribution >= 0.6 is 27.5 Å². The van der Waals surface area contributed by atoms with E-state index in [1.807, 2.05) is 0 Å². The van der Waals surface area contributed by atoms with E-state index in [0.29, 0.717) is 0 Å². The fraction of sp³-hybridized carbons (Fsp3) is 1.00. The van der Waals surface area contributed by atoms with Crippen LogP contribution in [-0.2, 0) is 13.4 Å². The molecule has 366 valence electrons. The van der Waals surface area contributed by atoms with Crippen molar-refractivity contribution in [2.45, 2.75) is 237 Å². The molecule has 0 saturated heterocycles. The zero-order valence-electron chi connectivity index (χ0n) is 42.9. The molecule has 0 radical (unpaired) electrons. The van der Waals surface area contributed by atoms with Crippen molar-refractivity contribution in [1.82, 2.24) is 0 Å². The third kappa shape index (κ3) is 41.1. The molecular formula is C49H112ClN3O5P2+4. The van der Waals surface area contributed by atoms with Crippen molar-refractivity contribution in [1.29, 1.82) is 0 Å². The molecule has 0 saturated carbocycles. The molecule has 0 aromatic rings. The minimum absolute atomic E-state index is 0.686. The van der Waals surface area contributed by atoms with Crippen LogP contribution in [0.3, 0.4) is 0 Å². The summed E-state index contributed by atoms with van der Waals surface area (Å²) in [5.74, 6) is 0. The van der Waals surface area contributed by atoms with Gasteiger partial charge in [0.15, 0.2) is 0 Å². The van der Waals surface area contributed by atoms with E-state index in [0.717, 1.165) is 0 Å². The monoisotopic (exact) mass is 920 g/mol. The van der Waals surface area contributed by atoms with Gasteiger partial charge in [-0.1, -0.05) is 160 Å². The van der Waals surface area contributed by atoms with Crippen LogP contribution in [0.25, 0.3) is 0 Å². The molecule has 60 heavy (non-hydrogen) atoms. The largest absolute Gasteiger partial charge is 0.703 e. The average Bonchev–Trinajstić information content (AvgIpc) is 3.25. The maximum atomic E-state index is 10.3. The molecule has 0 fully saturated rings. The number of quaternary nitrogens is 3. The summed E-state index contributed by atoms with van der Waals surface area (Å²) < 4.78 is 27.9. The van der Waals surface area contributed by atoms with Crippen molar-refractivity contribution >= 4 is 27.5 Å². The molecule has 11 heteroatoms. The fourth-order valence-electron chi connectivity index (χ4n) is 8.07. The lowest BCUT2D eigenvalue weighted by molar-refractivity contribution is -0.929. The Balaban J connectivity index is -0.000000356. The van der Waals surface area contributed by atoms with Crippen LogP contribution in [-0.4, -0.2) is 107 Å². The number of halogens is 1. The Morgan fingerprint density at radius 3 is 0.583 bits per heavy atom. The minimum atomic E-state index is -4.00. The smallest absolute Gasteiger partial charge is 0.324 e. The summed E-state index contributed by atoms with van der Waals surface area (Å²) in [5, 5.41) is 0. The first-order chi connectivity index (χ1) is 28.7. The lowest BCUT2D eigenvalue weighted by Crippen LogP contribution is -2.50. The van der Waals surface area contributed by atoms with E-state index >= 15 is 0 Å². The van der Waals surface area contributed by atoms with E-state index in [1.165, 1.54) is 246 Å². The van der Waals surface area contributed by atoms with Gasteiger partial charge >= 0.3 is 15.9 Å². The molecule has 0 rings (SSSR count). The molecule has 0 aromatic heterocycles. The van der Waals surface area contributed by atoms with Crippen molar-refractivity contribution in [2.24, 2.45) is 0 Å². The van der Waals surface area contributed by atoms with Crippen LogP contribution in [0, 0.1) is 0 Å². The number of hydrogen-bond acceptors (Lipinski definition) is 3. The van der Waals surface area contributed by atoms with Crippen LogP contribution in [0.4, 0.5) is 0 Å². The highest BCUT2D eigenvalue weighted by atomic mass is 35.5. The third-order valence-electron chi connectivity index (χ3n) is 12.2. The van der Waals surface area contributed by atoms with Crippen molar-refractivity contribution in [2.75, 3.05) is 84.2 Å². The predicted octanol–water partition coefficient (Wildman–Crippen LogP) is 16.0. The van der Waals surface area contributed by atoms with E-state index in [9.17, 15) is 9.13 Å². The van der Waals surface area contributed by atoms with E-state index in [2.05, 4.69) is 87.4 Å². The lowest BCUT2D eigenvalue weighted by atomic mass is 10.1. The first kappa shape index (κ1) is 67.0. The van der Waals surface area contributed by atoms with E-state index in [4.69, 9.17) is 21.4 Å². The molecule has 0 spiro atoms. The second-order valence-corrected chi connectivity index (χ2v) is 21.4. The van der Waals surface area contributed by atoms with Crippen LogP contribution in [0.2, 0.25) is 0 Å². The molecule has 2 N–H and O–H groups in total. The zero-order chi connectivity index (χ0) is 46.4. The zero-order valence-corrected chi connectivity index (χ0v) is 45.4. The molecule has 0 aliphatic heterocycles. The normalized spacial score (nSPS) is 13.0. The maximum Gasteiger partial charge on any atom is 0.703 e. The topological polar surface area (TPSA) is 83.8 Å². The van der Waals surface area contributed by atoms with Crippen LogP contribution in [0.5, 0.6) is 0 Å². The number of unbranched alkanes of at least 4 members (excludes halogenated alkanes) is 12. The highest BCUT2D eigenvalue weighted by molar-refractivity contribution is 7.61. The molecule has 8 nitrogen and oxygen atoms in total. The number of nitrogens with zero attached hydrogens (tertiary/aromatic N) is 3. The van der Waals surface area contributed by atoms with Gasteiger partial charge < -0.3 is 18.3 Å². The summed E-state index contributed by atoms with van der Waals surface area (Å²) in [6, 6.07) is 0. The standard InChI is InChI=1S/3C16H36N.CH3ClO5P2/c3*1-5-9-13-17(14-10-6-2,15-11-7-3)16-12-8-4;2-1-9(5,6)7-8(3)4/h3*5-16H2,1-4H3;1H2,(H-,3,4,5,6)/q3*+1;/p+1. The van der Waals surface area contributed by atoms with Gasteiger partial charge in [0.25, 0.3) is 0 Å². The highest BCUT2D eigenvalue weighted by Gasteiger charge is 2.31. The van der Waals surface area contributed by atoms with Crippen LogP contribution in [0.1, 0.15) is 237 Å². The quantitative estimate of drug-likeness (QED) is 0.0365.